The zero-order chi connectivity index (χ0) is 20.5. The fourth-order valence-electron chi connectivity index (χ4n) is 2.89. The molecule has 0 bridgehead atoms. The van der Waals surface area contributed by atoms with Crippen molar-refractivity contribution in [2.75, 3.05) is 33.4 Å². The first-order chi connectivity index (χ1) is 13.2. The van der Waals surface area contributed by atoms with Crippen LogP contribution >= 0.6 is 23.2 Å². The first-order valence-corrected chi connectivity index (χ1v) is 10.8. The summed E-state index contributed by atoms with van der Waals surface area (Å²) in [6.45, 7) is 2.96. The number of carbonyl (C=O) groups is 1. The van der Waals surface area contributed by atoms with Crippen molar-refractivity contribution in [3.8, 4) is 0 Å². The fourth-order valence-corrected chi connectivity index (χ4v) is 4.77. The number of benzene rings is 1. The van der Waals surface area contributed by atoms with Gasteiger partial charge in [-0.05, 0) is 36.8 Å². The summed E-state index contributed by atoms with van der Waals surface area (Å²) in [5, 5.41) is 0.678. The van der Waals surface area contributed by atoms with Gasteiger partial charge in [0.2, 0.25) is 5.09 Å². The molecule has 0 radical (unpaired) electrons. The molecule has 3 rings (SSSR count). The van der Waals surface area contributed by atoms with Gasteiger partial charge in [0.1, 0.15) is 0 Å². The smallest absolute Gasteiger partial charge is 0.289 e. The number of morpholine rings is 1. The van der Waals surface area contributed by atoms with Gasteiger partial charge in [0.25, 0.3) is 15.9 Å². The minimum atomic E-state index is -3.80. The molecule has 1 saturated heterocycles. The molecule has 1 aliphatic rings. The van der Waals surface area contributed by atoms with Crippen LogP contribution in [0.3, 0.4) is 0 Å². The molecule has 1 amide bonds. The van der Waals surface area contributed by atoms with Crippen molar-refractivity contribution >= 4 is 39.1 Å². The SMILES string of the molecule is CC(c1ccc(Cl)cc1Cl)N(C)C(=O)c1ccc(S(=O)(=O)N2CCOCC2)o1. The van der Waals surface area contributed by atoms with Crippen LogP contribution in [0.1, 0.15) is 29.1 Å². The van der Waals surface area contributed by atoms with Crippen molar-refractivity contribution in [3.05, 3.63) is 51.7 Å². The number of halogens is 2. The van der Waals surface area contributed by atoms with Crippen LogP contribution < -0.4 is 0 Å². The molecule has 7 nitrogen and oxygen atoms in total. The van der Waals surface area contributed by atoms with Gasteiger partial charge in [-0.25, -0.2) is 8.42 Å². The summed E-state index contributed by atoms with van der Waals surface area (Å²) >= 11 is 12.1. The average Bonchev–Trinajstić information content (AvgIpc) is 3.18. The van der Waals surface area contributed by atoms with Crippen molar-refractivity contribution in [1.29, 1.82) is 0 Å². The lowest BCUT2D eigenvalue weighted by molar-refractivity contribution is 0.0693. The number of hydrogen-bond acceptors (Lipinski definition) is 5. The highest BCUT2D eigenvalue weighted by Crippen LogP contribution is 2.30. The highest BCUT2D eigenvalue weighted by Gasteiger charge is 2.31. The number of nitrogens with zero attached hydrogens (tertiary/aromatic N) is 2. The van der Waals surface area contributed by atoms with Gasteiger partial charge in [-0.1, -0.05) is 29.3 Å². The standard InChI is InChI=1S/C18H20Cl2N2O5S/c1-12(14-4-3-13(19)11-15(14)20)21(2)18(23)16-5-6-17(27-16)28(24,25)22-7-9-26-10-8-22/h3-6,11-12H,7-10H2,1-2H3. The monoisotopic (exact) mass is 446 g/mol. The number of sulfonamides is 1. The third kappa shape index (κ3) is 4.21. The van der Waals surface area contributed by atoms with E-state index in [9.17, 15) is 13.2 Å². The minimum absolute atomic E-state index is 0.0636. The second-order valence-electron chi connectivity index (χ2n) is 6.39. The van der Waals surface area contributed by atoms with Crippen LogP contribution in [0.4, 0.5) is 0 Å². The van der Waals surface area contributed by atoms with Gasteiger partial charge in [0, 0.05) is 30.2 Å². The normalized spacial score (nSPS) is 16.7. The summed E-state index contributed by atoms with van der Waals surface area (Å²) in [5.41, 5.74) is 0.717. The molecule has 0 saturated carbocycles. The largest absolute Gasteiger partial charge is 0.438 e. The Balaban J connectivity index is 1.79. The topological polar surface area (TPSA) is 80.1 Å². The van der Waals surface area contributed by atoms with E-state index in [0.29, 0.717) is 23.3 Å². The summed E-state index contributed by atoms with van der Waals surface area (Å²) in [7, 11) is -2.21. The molecule has 152 valence electrons. The Morgan fingerprint density at radius 3 is 2.50 bits per heavy atom. The van der Waals surface area contributed by atoms with E-state index in [1.54, 1.807) is 32.2 Å². The summed E-state index contributed by atoms with van der Waals surface area (Å²) in [4.78, 5) is 14.2. The number of rotatable bonds is 5. The van der Waals surface area contributed by atoms with E-state index in [0.717, 1.165) is 5.56 Å². The maximum absolute atomic E-state index is 12.8. The van der Waals surface area contributed by atoms with E-state index in [1.165, 1.54) is 21.3 Å². The fraction of sp³-hybridized carbons (Fsp3) is 0.389. The van der Waals surface area contributed by atoms with Crippen molar-refractivity contribution in [1.82, 2.24) is 9.21 Å². The molecular weight excluding hydrogens is 427 g/mol. The highest BCUT2D eigenvalue weighted by molar-refractivity contribution is 7.89. The molecule has 28 heavy (non-hydrogen) atoms. The van der Waals surface area contributed by atoms with E-state index in [1.807, 2.05) is 0 Å². The highest BCUT2D eigenvalue weighted by atomic mass is 35.5. The summed E-state index contributed by atoms with van der Waals surface area (Å²) in [5.74, 6) is -0.520. The predicted molar refractivity (Wildman–Crippen MR) is 105 cm³/mol. The molecule has 0 spiro atoms. The molecule has 1 fully saturated rings. The number of ether oxygens (including phenoxy) is 1. The molecule has 1 aromatic carbocycles. The maximum atomic E-state index is 12.8. The van der Waals surface area contributed by atoms with Gasteiger partial charge in [0.05, 0.1) is 19.3 Å². The summed E-state index contributed by atoms with van der Waals surface area (Å²) in [6.07, 6.45) is 0. The van der Waals surface area contributed by atoms with Crippen LogP contribution in [0.2, 0.25) is 10.0 Å². The first kappa shape index (κ1) is 21.1. The molecule has 0 N–H and O–H groups in total. The van der Waals surface area contributed by atoms with Crippen molar-refractivity contribution < 1.29 is 22.4 Å². The van der Waals surface area contributed by atoms with E-state index >= 15 is 0 Å². The molecule has 1 aromatic heterocycles. The Labute approximate surface area is 173 Å². The van der Waals surface area contributed by atoms with Crippen molar-refractivity contribution in [2.24, 2.45) is 0 Å². The number of amides is 1. The van der Waals surface area contributed by atoms with E-state index in [4.69, 9.17) is 32.4 Å². The lowest BCUT2D eigenvalue weighted by Gasteiger charge is -2.25. The average molecular weight is 447 g/mol. The van der Waals surface area contributed by atoms with E-state index < -0.39 is 15.9 Å². The van der Waals surface area contributed by atoms with Gasteiger partial charge >= 0.3 is 0 Å². The number of furan rings is 1. The Morgan fingerprint density at radius 2 is 1.86 bits per heavy atom. The summed E-state index contributed by atoms with van der Waals surface area (Å²) in [6, 6.07) is 7.33. The molecular formula is C18H20Cl2N2O5S. The molecule has 1 atom stereocenters. The van der Waals surface area contributed by atoms with Gasteiger partial charge < -0.3 is 14.1 Å². The van der Waals surface area contributed by atoms with Crippen molar-refractivity contribution in [3.63, 3.8) is 0 Å². The van der Waals surface area contributed by atoms with E-state index in [2.05, 4.69) is 0 Å². The second kappa shape index (κ2) is 8.42. The van der Waals surface area contributed by atoms with Gasteiger partial charge in [0.15, 0.2) is 5.76 Å². The Morgan fingerprint density at radius 1 is 1.18 bits per heavy atom. The maximum Gasteiger partial charge on any atom is 0.289 e. The molecule has 0 aliphatic carbocycles. The first-order valence-electron chi connectivity index (χ1n) is 8.61. The zero-order valence-electron chi connectivity index (χ0n) is 15.4. The lowest BCUT2D eigenvalue weighted by Crippen LogP contribution is -2.40. The Bertz CT molecular complexity index is 970. The minimum Gasteiger partial charge on any atom is -0.438 e. The van der Waals surface area contributed by atoms with Crippen LogP contribution in [-0.4, -0.2) is 56.9 Å². The third-order valence-corrected chi connectivity index (χ3v) is 7.01. The molecule has 1 unspecified atom stereocenters. The van der Waals surface area contributed by atoms with Crippen LogP contribution in [0.5, 0.6) is 0 Å². The zero-order valence-corrected chi connectivity index (χ0v) is 17.7. The predicted octanol–water partition coefficient (Wildman–Crippen LogP) is 3.44. The Kier molecular flexibility index (Phi) is 6.36. The number of hydrogen-bond donors (Lipinski definition) is 0. The third-order valence-electron chi connectivity index (χ3n) is 4.67. The molecule has 10 heteroatoms. The molecule has 2 aromatic rings. The number of carbonyl (C=O) groups excluding carboxylic acids is 1. The second-order valence-corrected chi connectivity index (χ2v) is 9.11. The molecule has 2 heterocycles. The van der Waals surface area contributed by atoms with Crippen molar-refractivity contribution in [2.45, 2.75) is 18.1 Å². The van der Waals surface area contributed by atoms with E-state index in [-0.39, 0.29) is 30.0 Å². The van der Waals surface area contributed by atoms with Crippen LogP contribution in [0.15, 0.2) is 39.8 Å². The van der Waals surface area contributed by atoms with Crippen LogP contribution in [0, 0.1) is 0 Å². The quantitative estimate of drug-likeness (QED) is 0.702. The summed E-state index contributed by atoms with van der Waals surface area (Å²) < 4.78 is 37.2. The molecule has 1 aliphatic heterocycles. The van der Waals surface area contributed by atoms with Gasteiger partial charge in [-0.2, -0.15) is 4.31 Å². The van der Waals surface area contributed by atoms with Crippen LogP contribution in [0.25, 0.3) is 0 Å². The van der Waals surface area contributed by atoms with Gasteiger partial charge in [-0.3, -0.25) is 4.79 Å². The van der Waals surface area contributed by atoms with Crippen LogP contribution in [-0.2, 0) is 14.8 Å². The van der Waals surface area contributed by atoms with Gasteiger partial charge in [-0.15, -0.1) is 0 Å². The lowest BCUT2D eigenvalue weighted by atomic mass is 10.1. The Hall–Kier alpha value is -1.58.